The molecule has 0 saturated carbocycles. The van der Waals surface area contributed by atoms with Crippen LogP contribution in [-0.4, -0.2) is 37.0 Å². The van der Waals surface area contributed by atoms with E-state index in [0.29, 0.717) is 25.7 Å². The maximum atomic E-state index is 10.3. The van der Waals surface area contributed by atoms with Crippen molar-refractivity contribution in [2.75, 3.05) is 26.3 Å². The van der Waals surface area contributed by atoms with Gasteiger partial charge in [0.25, 0.3) is 0 Å². The maximum Gasteiger partial charge on any atom is 0.0815 e. The van der Waals surface area contributed by atoms with Crippen molar-refractivity contribution in [3.05, 3.63) is 34.3 Å². The van der Waals surface area contributed by atoms with Gasteiger partial charge in [0.05, 0.1) is 5.60 Å². The number of hydrogen-bond acceptors (Lipinski definition) is 3. The molecule has 19 heavy (non-hydrogen) atoms. The topological polar surface area (TPSA) is 41.5 Å². The van der Waals surface area contributed by atoms with Crippen molar-refractivity contribution in [1.82, 2.24) is 5.32 Å². The predicted octanol–water partition coefficient (Wildman–Crippen LogP) is 2.68. The lowest BCUT2D eigenvalue weighted by Crippen LogP contribution is -2.45. The minimum absolute atomic E-state index is 0.431. The summed E-state index contributed by atoms with van der Waals surface area (Å²) in [6, 6.07) is 8.38. The van der Waals surface area contributed by atoms with Crippen molar-refractivity contribution < 1.29 is 9.84 Å². The summed E-state index contributed by atoms with van der Waals surface area (Å²) in [5.74, 6) is 0.431. The summed E-state index contributed by atoms with van der Waals surface area (Å²) in [5.41, 5.74) is 0.718. The summed E-state index contributed by atoms with van der Waals surface area (Å²) in [5, 5.41) is 13.7. The molecular formula is C15H22BrNO2. The highest BCUT2D eigenvalue weighted by Gasteiger charge is 2.29. The molecule has 1 aliphatic rings. The number of ether oxygens (including phenoxy) is 1. The van der Waals surface area contributed by atoms with Crippen LogP contribution in [0.1, 0.15) is 31.2 Å². The van der Waals surface area contributed by atoms with Crippen LogP contribution in [0.5, 0.6) is 0 Å². The molecule has 1 atom stereocenters. The minimum Gasteiger partial charge on any atom is -0.388 e. The summed E-state index contributed by atoms with van der Waals surface area (Å²) < 4.78 is 6.39. The third-order valence-electron chi connectivity index (χ3n) is 3.75. The Labute approximate surface area is 123 Å². The second kappa shape index (κ2) is 6.84. The second-order valence-electron chi connectivity index (χ2n) is 5.42. The fourth-order valence-electron chi connectivity index (χ4n) is 2.38. The van der Waals surface area contributed by atoms with Gasteiger partial charge < -0.3 is 15.2 Å². The first kappa shape index (κ1) is 15.0. The molecule has 1 aliphatic heterocycles. The molecule has 0 unspecified atom stereocenters. The zero-order valence-electron chi connectivity index (χ0n) is 11.4. The van der Waals surface area contributed by atoms with E-state index in [2.05, 4.69) is 46.4 Å². The van der Waals surface area contributed by atoms with Gasteiger partial charge in [0, 0.05) is 43.6 Å². The first-order valence-electron chi connectivity index (χ1n) is 6.85. The van der Waals surface area contributed by atoms with Crippen LogP contribution in [0.3, 0.4) is 0 Å². The van der Waals surface area contributed by atoms with Crippen LogP contribution in [0.2, 0.25) is 0 Å². The summed E-state index contributed by atoms with van der Waals surface area (Å²) in [6.07, 6.45) is 1.45. The highest BCUT2D eigenvalue weighted by Crippen LogP contribution is 2.21. The zero-order valence-corrected chi connectivity index (χ0v) is 12.9. The van der Waals surface area contributed by atoms with Gasteiger partial charge in [0.15, 0.2) is 0 Å². The van der Waals surface area contributed by atoms with Crippen molar-refractivity contribution in [2.45, 2.75) is 31.3 Å². The van der Waals surface area contributed by atoms with E-state index in [1.165, 1.54) is 5.56 Å². The van der Waals surface area contributed by atoms with Gasteiger partial charge in [-0.2, -0.15) is 0 Å². The molecule has 1 fully saturated rings. The standard InChI is InChI=1S/C15H22BrNO2/c1-12(13-3-2-4-14(16)9-13)10-17-11-15(18)5-7-19-8-6-15/h2-4,9,12,17-18H,5-8,10-11H2,1H3/t12-/m1/s1. The van der Waals surface area contributed by atoms with Crippen molar-refractivity contribution in [2.24, 2.45) is 0 Å². The van der Waals surface area contributed by atoms with Gasteiger partial charge in [-0.1, -0.05) is 35.0 Å². The Bertz CT molecular complexity index is 405. The normalized spacial score (nSPS) is 20.2. The molecule has 0 aromatic heterocycles. The van der Waals surface area contributed by atoms with Crippen LogP contribution in [-0.2, 0) is 4.74 Å². The van der Waals surface area contributed by atoms with E-state index >= 15 is 0 Å². The number of hydrogen-bond donors (Lipinski definition) is 2. The molecule has 0 bridgehead atoms. The largest absolute Gasteiger partial charge is 0.388 e. The Morgan fingerprint density at radius 2 is 2.16 bits per heavy atom. The lowest BCUT2D eigenvalue weighted by Gasteiger charge is -2.32. The summed E-state index contributed by atoms with van der Waals surface area (Å²) in [4.78, 5) is 0. The third kappa shape index (κ3) is 4.56. The van der Waals surface area contributed by atoms with Gasteiger partial charge in [0.1, 0.15) is 0 Å². The van der Waals surface area contributed by atoms with E-state index in [9.17, 15) is 5.11 Å². The summed E-state index contributed by atoms with van der Waals surface area (Å²) >= 11 is 3.50. The van der Waals surface area contributed by atoms with Gasteiger partial charge in [-0.25, -0.2) is 0 Å². The van der Waals surface area contributed by atoms with Crippen molar-refractivity contribution in [1.29, 1.82) is 0 Å². The smallest absolute Gasteiger partial charge is 0.0815 e. The molecule has 4 heteroatoms. The zero-order chi connectivity index (χ0) is 13.7. The third-order valence-corrected chi connectivity index (χ3v) is 4.24. The average molecular weight is 328 g/mol. The summed E-state index contributed by atoms with van der Waals surface area (Å²) in [7, 11) is 0. The molecule has 106 valence electrons. The highest BCUT2D eigenvalue weighted by atomic mass is 79.9. The molecule has 1 aromatic rings. The quantitative estimate of drug-likeness (QED) is 0.873. The minimum atomic E-state index is -0.588. The van der Waals surface area contributed by atoms with Crippen molar-refractivity contribution >= 4 is 15.9 Å². The molecular weight excluding hydrogens is 306 g/mol. The Morgan fingerprint density at radius 1 is 1.42 bits per heavy atom. The molecule has 3 nitrogen and oxygen atoms in total. The molecule has 0 spiro atoms. The fraction of sp³-hybridized carbons (Fsp3) is 0.600. The van der Waals surface area contributed by atoms with Gasteiger partial charge in [-0.15, -0.1) is 0 Å². The molecule has 1 saturated heterocycles. The van der Waals surface area contributed by atoms with Crippen LogP contribution in [0.4, 0.5) is 0 Å². The number of halogens is 1. The van der Waals surface area contributed by atoms with Crippen LogP contribution in [0, 0.1) is 0 Å². The van der Waals surface area contributed by atoms with Crippen LogP contribution in [0.25, 0.3) is 0 Å². The second-order valence-corrected chi connectivity index (χ2v) is 6.34. The molecule has 0 aliphatic carbocycles. The number of rotatable bonds is 5. The number of benzene rings is 1. The molecule has 0 radical (unpaired) electrons. The molecule has 1 heterocycles. The number of aliphatic hydroxyl groups is 1. The lowest BCUT2D eigenvalue weighted by molar-refractivity contribution is -0.0615. The van der Waals surface area contributed by atoms with Gasteiger partial charge in [0.2, 0.25) is 0 Å². The highest BCUT2D eigenvalue weighted by molar-refractivity contribution is 9.10. The van der Waals surface area contributed by atoms with Gasteiger partial charge in [-0.05, 0) is 23.6 Å². The summed E-state index contributed by atoms with van der Waals surface area (Å²) in [6.45, 7) is 5.05. The van der Waals surface area contributed by atoms with Crippen LogP contribution in [0.15, 0.2) is 28.7 Å². The van der Waals surface area contributed by atoms with E-state index in [1.54, 1.807) is 0 Å². The van der Waals surface area contributed by atoms with Gasteiger partial charge >= 0.3 is 0 Å². The van der Waals surface area contributed by atoms with Gasteiger partial charge in [-0.3, -0.25) is 0 Å². The van der Waals surface area contributed by atoms with Crippen LogP contribution < -0.4 is 5.32 Å². The predicted molar refractivity (Wildman–Crippen MR) is 80.4 cm³/mol. The molecule has 0 amide bonds. The maximum absolute atomic E-state index is 10.3. The SMILES string of the molecule is C[C@H](CNCC1(O)CCOCC1)c1cccc(Br)c1. The first-order valence-corrected chi connectivity index (χ1v) is 7.65. The van der Waals surface area contributed by atoms with E-state index < -0.39 is 5.60 Å². The van der Waals surface area contributed by atoms with E-state index in [4.69, 9.17) is 4.74 Å². The van der Waals surface area contributed by atoms with Crippen LogP contribution >= 0.6 is 15.9 Å². The lowest BCUT2D eigenvalue weighted by atomic mass is 9.94. The Morgan fingerprint density at radius 3 is 2.84 bits per heavy atom. The fourth-order valence-corrected chi connectivity index (χ4v) is 2.80. The first-order chi connectivity index (χ1) is 9.09. The van der Waals surface area contributed by atoms with E-state index in [1.807, 2.05) is 6.07 Å². The van der Waals surface area contributed by atoms with E-state index in [0.717, 1.165) is 23.9 Å². The Balaban J connectivity index is 1.79. The monoisotopic (exact) mass is 327 g/mol. The molecule has 2 rings (SSSR count). The Hall–Kier alpha value is -0.420. The number of nitrogens with one attached hydrogen (secondary N) is 1. The Kier molecular flexibility index (Phi) is 5.39. The van der Waals surface area contributed by atoms with Crippen molar-refractivity contribution in [3.63, 3.8) is 0 Å². The van der Waals surface area contributed by atoms with E-state index in [-0.39, 0.29) is 0 Å². The average Bonchev–Trinajstić information content (AvgIpc) is 2.39. The van der Waals surface area contributed by atoms with Crippen molar-refractivity contribution in [3.8, 4) is 0 Å². The molecule has 2 N–H and O–H groups in total. The molecule has 1 aromatic carbocycles.